The lowest BCUT2D eigenvalue weighted by Gasteiger charge is -2.06. The van der Waals surface area contributed by atoms with Crippen molar-refractivity contribution in [1.29, 1.82) is 0 Å². The van der Waals surface area contributed by atoms with Crippen LogP contribution in [-0.4, -0.2) is 20.1 Å². The lowest BCUT2D eigenvalue weighted by Crippen LogP contribution is -2.08. The molecule has 6 heteroatoms. The zero-order valence-corrected chi connectivity index (χ0v) is 11.4. The molecule has 0 saturated carbocycles. The number of aryl methyl sites for hydroxylation is 1. The van der Waals surface area contributed by atoms with Crippen LogP contribution < -0.4 is 5.56 Å². The van der Waals surface area contributed by atoms with E-state index >= 15 is 0 Å². The summed E-state index contributed by atoms with van der Waals surface area (Å²) in [5.41, 5.74) is 2.33. The van der Waals surface area contributed by atoms with E-state index in [0.717, 1.165) is 5.56 Å². The van der Waals surface area contributed by atoms with Crippen molar-refractivity contribution in [3.63, 3.8) is 0 Å². The number of pyridine rings is 1. The van der Waals surface area contributed by atoms with Crippen LogP contribution in [0.25, 0.3) is 22.3 Å². The van der Waals surface area contributed by atoms with E-state index in [-0.39, 0.29) is 16.1 Å². The number of H-pyrrole nitrogens is 2. The van der Waals surface area contributed by atoms with Gasteiger partial charge in [-0.05, 0) is 43.4 Å². The number of nitrogens with one attached hydrogen (secondary N) is 2. The Balaban J connectivity index is 2.30. The predicted molar refractivity (Wildman–Crippen MR) is 79.4 cm³/mol. The van der Waals surface area contributed by atoms with Crippen LogP contribution in [0.3, 0.4) is 0 Å². The van der Waals surface area contributed by atoms with Crippen molar-refractivity contribution in [3.8, 4) is 17.0 Å². The number of benzene rings is 1. The first kappa shape index (κ1) is 12.6. The smallest absolute Gasteiger partial charge is 0.261 e. The Bertz CT molecular complexity index is 928. The first-order chi connectivity index (χ1) is 9.54. The number of fused-ring (bicyclic) bond motifs is 1. The molecule has 2 heterocycles. The molecule has 0 saturated heterocycles. The van der Waals surface area contributed by atoms with Gasteiger partial charge in [0.05, 0.1) is 11.1 Å². The molecule has 0 aliphatic rings. The van der Waals surface area contributed by atoms with Gasteiger partial charge < -0.3 is 10.1 Å². The third-order valence-electron chi connectivity index (χ3n) is 3.03. The number of nitrogens with zero attached hydrogens (tertiary/aromatic N) is 1. The van der Waals surface area contributed by atoms with Gasteiger partial charge in [0.2, 0.25) is 0 Å². The van der Waals surface area contributed by atoms with E-state index in [1.807, 2.05) is 19.1 Å². The normalized spacial score (nSPS) is 10.8. The fourth-order valence-electron chi connectivity index (χ4n) is 2.05. The lowest BCUT2D eigenvalue weighted by atomic mass is 10.1. The van der Waals surface area contributed by atoms with Crippen LogP contribution in [0, 0.1) is 11.7 Å². The van der Waals surface area contributed by atoms with Crippen LogP contribution in [0.5, 0.6) is 5.75 Å². The van der Waals surface area contributed by atoms with Gasteiger partial charge in [0.25, 0.3) is 5.56 Å². The van der Waals surface area contributed by atoms with Crippen LogP contribution in [0.4, 0.5) is 0 Å². The maximum atomic E-state index is 11.7. The number of hydrogen-bond donors (Lipinski definition) is 3. The first-order valence-electron chi connectivity index (χ1n) is 5.98. The van der Waals surface area contributed by atoms with Gasteiger partial charge in [0.1, 0.15) is 11.4 Å². The van der Waals surface area contributed by atoms with Crippen LogP contribution in [-0.2, 0) is 0 Å². The number of phenolic OH excluding ortho intramolecular Hbond substituents is 1. The number of aromatic hydroxyl groups is 1. The predicted octanol–water partition coefficient (Wildman–Crippen LogP) is 2.66. The van der Waals surface area contributed by atoms with E-state index in [9.17, 15) is 9.90 Å². The molecule has 1 aromatic carbocycles. The van der Waals surface area contributed by atoms with E-state index in [0.29, 0.717) is 22.3 Å². The number of phenols is 1. The number of aromatic amines is 2. The Labute approximate surface area is 119 Å². The molecule has 0 bridgehead atoms. The molecule has 3 rings (SSSR count). The van der Waals surface area contributed by atoms with Crippen LogP contribution in [0.2, 0.25) is 0 Å². The van der Waals surface area contributed by atoms with Gasteiger partial charge in [-0.25, -0.2) is 4.98 Å². The summed E-state index contributed by atoms with van der Waals surface area (Å²) < 4.78 is 0.223. The third-order valence-corrected chi connectivity index (χ3v) is 3.23. The largest absolute Gasteiger partial charge is 0.507 e. The summed E-state index contributed by atoms with van der Waals surface area (Å²) in [7, 11) is 0. The summed E-state index contributed by atoms with van der Waals surface area (Å²) in [6.45, 7) is 1.93. The Morgan fingerprint density at radius 3 is 2.80 bits per heavy atom. The van der Waals surface area contributed by atoms with Crippen molar-refractivity contribution in [3.05, 3.63) is 51.0 Å². The molecule has 2 aromatic heterocycles. The van der Waals surface area contributed by atoms with E-state index in [2.05, 4.69) is 15.0 Å². The van der Waals surface area contributed by atoms with Crippen molar-refractivity contribution in [1.82, 2.24) is 15.0 Å². The molecule has 0 atom stereocenters. The summed E-state index contributed by atoms with van der Waals surface area (Å²) in [5.74, 6) is 0.144. The third kappa shape index (κ3) is 2.10. The molecule has 0 amide bonds. The van der Waals surface area contributed by atoms with Gasteiger partial charge in [-0.1, -0.05) is 11.6 Å². The fourth-order valence-corrected chi connectivity index (χ4v) is 2.24. The highest BCUT2D eigenvalue weighted by atomic mass is 32.1. The molecule has 100 valence electrons. The van der Waals surface area contributed by atoms with E-state index in [1.54, 1.807) is 18.2 Å². The number of hydrogen-bond acceptors (Lipinski definition) is 4. The van der Waals surface area contributed by atoms with Crippen molar-refractivity contribution in [2.75, 3.05) is 0 Å². The molecule has 0 spiro atoms. The quantitative estimate of drug-likeness (QED) is 0.600. The first-order valence-corrected chi connectivity index (χ1v) is 6.39. The molecule has 0 fully saturated rings. The van der Waals surface area contributed by atoms with Crippen molar-refractivity contribution in [2.45, 2.75) is 6.92 Å². The van der Waals surface area contributed by atoms with E-state index in [1.165, 1.54) is 0 Å². The van der Waals surface area contributed by atoms with Gasteiger partial charge in [-0.3, -0.25) is 9.78 Å². The minimum Gasteiger partial charge on any atom is -0.507 e. The molecule has 3 aromatic rings. The maximum Gasteiger partial charge on any atom is 0.261 e. The second-order valence-corrected chi connectivity index (χ2v) is 4.93. The summed E-state index contributed by atoms with van der Waals surface area (Å²) in [5, 5.41) is 10.4. The standard InChI is InChI=1S/C14H11N3O2S/c1-7-2-5-11(18)9(6-7)10-4-3-8-12(15-10)16-14(20)17-13(8)19/h2-6,18H,1H3,(H2,15,16,17,19,20). The molecule has 0 aliphatic carbocycles. The van der Waals surface area contributed by atoms with Crippen molar-refractivity contribution >= 4 is 23.3 Å². The van der Waals surface area contributed by atoms with Gasteiger partial charge in [-0.15, -0.1) is 0 Å². The molecule has 0 unspecified atom stereocenters. The number of rotatable bonds is 1. The van der Waals surface area contributed by atoms with Gasteiger partial charge >= 0.3 is 0 Å². The summed E-state index contributed by atoms with van der Waals surface area (Å²) in [6.07, 6.45) is 0. The van der Waals surface area contributed by atoms with Gasteiger partial charge in [0, 0.05) is 5.56 Å². The highest BCUT2D eigenvalue weighted by Crippen LogP contribution is 2.29. The van der Waals surface area contributed by atoms with Crippen LogP contribution in [0.15, 0.2) is 35.1 Å². The molecular weight excluding hydrogens is 274 g/mol. The lowest BCUT2D eigenvalue weighted by molar-refractivity contribution is 0.477. The van der Waals surface area contributed by atoms with Crippen molar-refractivity contribution in [2.24, 2.45) is 0 Å². The van der Waals surface area contributed by atoms with Crippen LogP contribution >= 0.6 is 12.2 Å². The van der Waals surface area contributed by atoms with Crippen molar-refractivity contribution < 1.29 is 5.11 Å². The zero-order valence-electron chi connectivity index (χ0n) is 10.6. The molecule has 0 aliphatic heterocycles. The Morgan fingerprint density at radius 1 is 1.20 bits per heavy atom. The Morgan fingerprint density at radius 2 is 2.00 bits per heavy atom. The second-order valence-electron chi connectivity index (χ2n) is 4.52. The van der Waals surface area contributed by atoms with Gasteiger partial charge in [-0.2, -0.15) is 0 Å². The summed E-state index contributed by atoms with van der Waals surface area (Å²) in [4.78, 5) is 21.5. The fraction of sp³-hybridized carbons (Fsp3) is 0.0714. The maximum absolute atomic E-state index is 11.7. The minimum atomic E-state index is -0.281. The highest BCUT2D eigenvalue weighted by Gasteiger charge is 2.08. The van der Waals surface area contributed by atoms with Gasteiger partial charge in [0.15, 0.2) is 4.77 Å². The Kier molecular flexibility index (Phi) is 2.87. The minimum absolute atomic E-state index is 0.144. The molecular formula is C14H11N3O2S. The molecule has 0 radical (unpaired) electrons. The number of aromatic nitrogens is 3. The summed E-state index contributed by atoms with van der Waals surface area (Å²) >= 11 is 4.93. The SMILES string of the molecule is Cc1ccc(O)c(-c2ccc3c(=O)[nH]c(=S)[nH]c3n2)c1. The highest BCUT2D eigenvalue weighted by molar-refractivity contribution is 7.71. The monoisotopic (exact) mass is 285 g/mol. The van der Waals surface area contributed by atoms with E-state index in [4.69, 9.17) is 12.2 Å². The van der Waals surface area contributed by atoms with Crippen LogP contribution in [0.1, 0.15) is 5.56 Å². The van der Waals surface area contributed by atoms with E-state index < -0.39 is 0 Å². The molecule has 20 heavy (non-hydrogen) atoms. The molecule has 5 nitrogen and oxygen atoms in total. The zero-order chi connectivity index (χ0) is 14.3. The Hall–Kier alpha value is -2.47. The topological polar surface area (TPSA) is 81.8 Å². The molecule has 3 N–H and O–H groups in total. The average Bonchev–Trinajstić information content (AvgIpc) is 2.40. The second kappa shape index (κ2) is 4.57. The summed E-state index contributed by atoms with van der Waals surface area (Å²) in [6, 6.07) is 8.63. The average molecular weight is 285 g/mol.